The van der Waals surface area contributed by atoms with Gasteiger partial charge in [0.05, 0.1) is 34.5 Å². The van der Waals surface area contributed by atoms with E-state index in [1.807, 2.05) is 30.3 Å². The van der Waals surface area contributed by atoms with Crippen LogP contribution >= 0.6 is 22.7 Å². The molecule has 0 saturated heterocycles. The van der Waals surface area contributed by atoms with Gasteiger partial charge >= 0.3 is 11.9 Å². The van der Waals surface area contributed by atoms with Gasteiger partial charge in [0.15, 0.2) is 11.2 Å². The van der Waals surface area contributed by atoms with Crippen LogP contribution in [0.25, 0.3) is 20.8 Å². The van der Waals surface area contributed by atoms with Gasteiger partial charge in [-0.3, -0.25) is 14.9 Å². The van der Waals surface area contributed by atoms with Gasteiger partial charge in [0.1, 0.15) is 5.01 Å². The first-order valence-electron chi connectivity index (χ1n) is 10.5. The van der Waals surface area contributed by atoms with E-state index < -0.39 is 18.0 Å². The number of anilines is 1. The Morgan fingerprint density at radius 1 is 1.06 bits per heavy atom. The van der Waals surface area contributed by atoms with Crippen molar-refractivity contribution in [3.63, 3.8) is 0 Å². The highest BCUT2D eigenvalue weighted by Gasteiger charge is 2.23. The molecule has 0 aliphatic carbocycles. The summed E-state index contributed by atoms with van der Waals surface area (Å²) in [6, 6.07) is 14.8. The summed E-state index contributed by atoms with van der Waals surface area (Å²) in [4.78, 5) is 45.9. The minimum Gasteiger partial charge on any atom is -0.466 e. The molecule has 2 aromatic heterocycles. The summed E-state index contributed by atoms with van der Waals surface area (Å²) in [5, 5.41) is 5.29. The topological polar surface area (TPSA) is 107 Å². The maximum absolute atomic E-state index is 12.9. The van der Waals surface area contributed by atoms with Crippen LogP contribution in [0.5, 0.6) is 0 Å². The number of ether oxygens (including phenoxy) is 2. The van der Waals surface area contributed by atoms with Crippen molar-refractivity contribution in [2.24, 2.45) is 0 Å². The number of nitrogens with one attached hydrogen (secondary N) is 1. The van der Waals surface area contributed by atoms with E-state index in [0.29, 0.717) is 27.0 Å². The van der Waals surface area contributed by atoms with Crippen molar-refractivity contribution in [3.8, 4) is 10.6 Å². The van der Waals surface area contributed by atoms with Gasteiger partial charge in [0.25, 0.3) is 5.91 Å². The fourth-order valence-electron chi connectivity index (χ4n) is 3.13. The van der Waals surface area contributed by atoms with Crippen LogP contribution in [0.4, 0.5) is 5.13 Å². The zero-order valence-corrected chi connectivity index (χ0v) is 20.1. The predicted molar refractivity (Wildman–Crippen MR) is 131 cm³/mol. The van der Waals surface area contributed by atoms with Gasteiger partial charge < -0.3 is 9.47 Å². The summed E-state index contributed by atoms with van der Waals surface area (Å²) in [5.41, 5.74) is 2.31. The van der Waals surface area contributed by atoms with E-state index in [1.165, 1.54) is 29.6 Å². The molecule has 0 bridgehead atoms. The van der Waals surface area contributed by atoms with Crippen molar-refractivity contribution in [2.45, 2.75) is 26.4 Å². The van der Waals surface area contributed by atoms with Gasteiger partial charge in [-0.05, 0) is 32.0 Å². The molecule has 10 heteroatoms. The highest BCUT2D eigenvalue weighted by molar-refractivity contribution is 7.21. The zero-order valence-electron chi connectivity index (χ0n) is 18.4. The Morgan fingerprint density at radius 2 is 1.82 bits per heavy atom. The number of nitrogens with zero attached hydrogens (tertiary/aromatic N) is 2. The molecule has 174 valence electrons. The number of para-hydroxylation sites is 1. The molecule has 4 rings (SSSR count). The fourth-order valence-corrected chi connectivity index (χ4v) is 4.84. The lowest BCUT2D eigenvalue weighted by Crippen LogP contribution is -2.30. The molecule has 1 atom stereocenters. The second-order valence-electron chi connectivity index (χ2n) is 7.19. The van der Waals surface area contributed by atoms with E-state index in [9.17, 15) is 14.4 Å². The third-order valence-electron chi connectivity index (χ3n) is 4.74. The first kappa shape index (κ1) is 23.5. The Bertz CT molecular complexity index is 1310. The Morgan fingerprint density at radius 3 is 2.62 bits per heavy atom. The molecule has 2 aromatic carbocycles. The van der Waals surface area contributed by atoms with Crippen LogP contribution < -0.4 is 5.32 Å². The summed E-state index contributed by atoms with van der Waals surface area (Å²) in [7, 11) is 0. The monoisotopic (exact) mass is 495 g/mol. The molecule has 1 amide bonds. The molecule has 1 N–H and O–H groups in total. The largest absolute Gasteiger partial charge is 0.466 e. The van der Waals surface area contributed by atoms with Crippen LogP contribution in [0.2, 0.25) is 0 Å². The minimum atomic E-state index is -1.06. The van der Waals surface area contributed by atoms with Crippen molar-refractivity contribution < 1.29 is 23.9 Å². The number of rotatable bonds is 8. The van der Waals surface area contributed by atoms with E-state index >= 15 is 0 Å². The van der Waals surface area contributed by atoms with Crippen LogP contribution in [0, 0.1) is 0 Å². The quantitative estimate of drug-likeness (QED) is 0.353. The Balaban J connectivity index is 1.42. The highest BCUT2D eigenvalue weighted by Crippen LogP contribution is 2.32. The third-order valence-corrected chi connectivity index (χ3v) is 6.61. The van der Waals surface area contributed by atoms with E-state index in [1.54, 1.807) is 30.5 Å². The number of amides is 1. The summed E-state index contributed by atoms with van der Waals surface area (Å²) < 4.78 is 11.3. The van der Waals surface area contributed by atoms with Crippen molar-refractivity contribution in [1.82, 2.24) is 9.97 Å². The molecular formula is C24H21N3O5S2. The Labute approximate surface area is 203 Å². The van der Waals surface area contributed by atoms with Crippen LogP contribution in [0.15, 0.2) is 53.9 Å². The van der Waals surface area contributed by atoms with Crippen molar-refractivity contribution in [2.75, 3.05) is 11.9 Å². The molecule has 0 radical (unpaired) electrons. The van der Waals surface area contributed by atoms with Gasteiger partial charge in [-0.2, -0.15) is 0 Å². The maximum Gasteiger partial charge on any atom is 0.339 e. The standard InChI is InChI=1S/C24H21N3O5S2/c1-3-31-20(28)12-15-13-33-24(25-15)27-21(29)14(2)32-23(30)17-9-5-4-8-16(17)22-26-18-10-6-7-11-19(18)34-22/h4-11,13-14H,3,12H2,1-2H3,(H,25,27,29). The summed E-state index contributed by atoms with van der Waals surface area (Å²) in [5.74, 6) is -1.54. The number of esters is 2. The highest BCUT2D eigenvalue weighted by atomic mass is 32.1. The fraction of sp³-hybridized carbons (Fsp3) is 0.208. The minimum absolute atomic E-state index is 0.0211. The Kier molecular flexibility index (Phi) is 7.29. The number of thiazole rings is 2. The Hall–Kier alpha value is -3.63. The molecular weight excluding hydrogens is 474 g/mol. The van der Waals surface area contributed by atoms with Crippen LogP contribution in [0.1, 0.15) is 29.9 Å². The smallest absolute Gasteiger partial charge is 0.339 e. The molecule has 4 aromatic rings. The summed E-state index contributed by atoms with van der Waals surface area (Å²) in [6.45, 7) is 3.50. The van der Waals surface area contributed by atoms with E-state index in [0.717, 1.165) is 10.2 Å². The second kappa shape index (κ2) is 10.5. The number of hydrogen-bond acceptors (Lipinski definition) is 9. The van der Waals surface area contributed by atoms with Gasteiger partial charge in [-0.15, -0.1) is 22.7 Å². The molecule has 1 unspecified atom stereocenters. The number of benzene rings is 2. The van der Waals surface area contributed by atoms with Gasteiger partial charge in [-0.1, -0.05) is 30.3 Å². The molecule has 0 fully saturated rings. The molecule has 0 aliphatic rings. The average molecular weight is 496 g/mol. The average Bonchev–Trinajstić information content (AvgIpc) is 3.45. The summed E-state index contributed by atoms with van der Waals surface area (Å²) >= 11 is 2.65. The van der Waals surface area contributed by atoms with Crippen LogP contribution in [0.3, 0.4) is 0 Å². The molecule has 0 saturated carbocycles. The second-order valence-corrected chi connectivity index (χ2v) is 9.08. The number of carbonyl (C=O) groups excluding carboxylic acids is 3. The number of carbonyl (C=O) groups is 3. The van der Waals surface area contributed by atoms with E-state index in [4.69, 9.17) is 9.47 Å². The summed E-state index contributed by atoms with van der Waals surface area (Å²) in [6.07, 6.45) is -1.04. The van der Waals surface area contributed by atoms with E-state index in [2.05, 4.69) is 15.3 Å². The third kappa shape index (κ3) is 5.46. The maximum atomic E-state index is 12.9. The molecule has 0 aliphatic heterocycles. The molecule has 34 heavy (non-hydrogen) atoms. The number of fused-ring (bicyclic) bond motifs is 1. The lowest BCUT2D eigenvalue weighted by molar-refractivity contribution is -0.142. The molecule has 2 heterocycles. The zero-order chi connectivity index (χ0) is 24.1. The molecule has 8 nitrogen and oxygen atoms in total. The van der Waals surface area contributed by atoms with Crippen molar-refractivity contribution in [3.05, 3.63) is 65.2 Å². The normalized spacial score (nSPS) is 11.7. The van der Waals surface area contributed by atoms with Gasteiger partial charge in [0, 0.05) is 10.9 Å². The first-order chi connectivity index (χ1) is 16.4. The van der Waals surface area contributed by atoms with Crippen molar-refractivity contribution >= 4 is 55.9 Å². The predicted octanol–water partition coefficient (Wildman–Crippen LogP) is 4.71. The van der Waals surface area contributed by atoms with Crippen LogP contribution in [-0.4, -0.2) is 40.5 Å². The number of aromatic nitrogens is 2. The van der Waals surface area contributed by atoms with Gasteiger partial charge in [-0.25, -0.2) is 14.8 Å². The van der Waals surface area contributed by atoms with Gasteiger partial charge in [0.2, 0.25) is 0 Å². The SMILES string of the molecule is CCOC(=O)Cc1csc(NC(=O)C(C)OC(=O)c2ccccc2-c2nc3ccccc3s2)n1. The number of hydrogen-bond donors (Lipinski definition) is 1. The van der Waals surface area contributed by atoms with E-state index in [-0.39, 0.29) is 19.0 Å². The lowest BCUT2D eigenvalue weighted by Gasteiger charge is -2.13. The molecule has 0 spiro atoms. The lowest BCUT2D eigenvalue weighted by atomic mass is 10.1. The van der Waals surface area contributed by atoms with Crippen molar-refractivity contribution in [1.29, 1.82) is 0 Å². The van der Waals surface area contributed by atoms with Crippen LogP contribution in [-0.2, 0) is 25.5 Å². The first-order valence-corrected chi connectivity index (χ1v) is 12.2.